The van der Waals surface area contributed by atoms with Gasteiger partial charge in [0.25, 0.3) is 0 Å². The van der Waals surface area contributed by atoms with E-state index in [1.165, 1.54) is 4.90 Å². The van der Waals surface area contributed by atoms with Crippen LogP contribution in [0, 0.1) is 5.92 Å². The van der Waals surface area contributed by atoms with Crippen molar-refractivity contribution in [3.63, 3.8) is 0 Å². The summed E-state index contributed by atoms with van der Waals surface area (Å²) in [6.45, 7) is 1.61. The van der Waals surface area contributed by atoms with E-state index in [2.05, 4.69) is 0 Å². The van der Waals surface area contributed by atoms with Crippen LogP contribution in [-0.2, 0) is 9.59 Å². The molecule has 2 fully saturated rings. The summed E-state index contributed by atoms with van der Waals surface area (Å²) >= 11 is 0. The minimum Gasteiger partial charge on any atom is -0.480 e. The standard InChI is InChI=1S/C11H18N2O3/c1-6(12)10(14)13-8-4-2-3-7(8)5-9(13)11(15)16/h6-9H,2-5,12H2,1H3,(H,15,16)/t6-,7+,8+,9?/m0/s1. The molecule has 4 atom stereocenters. The molecule has 5 heteroatoms. The first-order valence-electron chi connectivity index (χ1n) is 5.83. The highest BCUT2D eigenvalue weighted by atomic mass is 16.4. The van der Waals surface area contributed by atoms with Gasteiger partial charge >= 0.3 is 5.97 Å². The van der Waals surface area contributed by atoms with E-state index in [9.17, 15) is 9.59 Å². The third-order valence-corrected chi connectivity index (χ3v) is 3.77. The van der Waals surface area contributed by atoms with Gasteiger partial charge in [-0.25, -0.2) is 4.79 Å². The molecule has 1 saturated heterocycles. The molecule has 16 heavy (non-hydrogen) atoms. The van der Waals surface area contributed by atoms with Crippen molar-refractivity contribution in [2.45, 2.75) is 50.7 Å². The lowest BCUT2D eigenvalue weighted by Crippen LogP contribution is -2.50. The Morgan fingerprint density at radius 1 is 1.44 bits per heavy atom. The zero-order valence-corrected chi connectivity index (χ0v) is 9.43. The van der Waals surface area contributed by atoms with Gasteiger partial charge in [-0.05, 0) is 32.1 Å². The number of hydrogen-bond acceptors (Lipinski definition) is 3. The van der Waals surface area contributed by atoms with E-state index in [1.807, 2.05) is 0 Å². The number of rotatable bonds is 2. The lowest BCUT2D eigenvalue weighted by atomic mass is 10.0. The highest BCUT2D eigenvalue weighted by molar-refractivity contribution is 5.87. The van der Waals surface area contributed by atoms with E-state index < -0.39 is 18.1 Å². The predicted octanol–water partition coefficient (Wildman–Crippen LogP) is 0.188. The number of likely N-dealkylation sites (tertiary alicyclic amines) is 1. The number of hydrogen-bond donors (Lipinski definition) is 2. The first kappa shape index (κ1) is 11.4. The second kappa shape index (κ2) is 4.05. The van der Waals surface area contributed by atoms with Crippen molar-refractivity contribution in [3.8, 4) is 0 Å². The van der Waals surface area contributed by atoms with Gasteiger partial charge in [-0.1, -0.05) is 6.42 Å². The summed E-state index contributed by atoms with van der Waals surface area (Å²) in [7, 11) is 0. The van der Waals surface area contributed by atoms with Crippen LogP contribution in [0.2, 0.25) is 0 Å². The number of carbonyl (C=O) groups excluding carboxylic acids is 1. The molecule has 5 nitrogen and oxygen atoms in total. The average molecular weight is 226 g/mol. The quantitative estimate of drug-likeness (QED) is 0.704. The van der Waals surface area contributed by atoms with Crippen LogP contribution in [-0.4, -0.2) is 40.0 Å². The Kier molecular flexibility index (Phi) is 2.88. The molecule has 2 aliphatic rings. The molecule has 90 valence electrons. The summed E-state index contributed by atoms with van der Waals surface area (Å²) in [6.07, 6.45) is 3.65. The highest BCUT2D eigenvalue weighted by Gasteiger charge is 2.49. The Morgan fingerprint density at radius 3 is 2.69 bits per heavy atom. The fraction of sp³-hybridized carbons (Fsp3) is 0.818. The van der Waals surface area contributed by atoms with E-state index >= 15 is 0 Å². The molecule has 1 saturated carbocycles. The lowest BCUT2D eigenvalue weighted by molar-refractivity contribution is -0.150. The smallest absolute Gasteiger partial charge is 0.326 e. The minimum atomic E-state index is -0.900. The van der Waals surface area contributed by atoms with Crippen LogP contribution in [0.15, 0.2) is 0 Å². The normalized spacial score (nSPS) is 34.9. The topological polar surface area (TPSA) is 83.6 Å². The van der Waals surface area contributed by atoms with Gasteiger partial charge in [0.2, 0.25) is 5.91 Å². The first-order chi connectivity index (χ1) is 7.52. The van der Waals surface area contributed by atoms with Crippen LogP contribution in [0.4, 0.5) is 0 Å². The number of carboxylic acid groups (broad SMARTS) is 1. The summed E-state index contributed by atoms with van der Waals surface area (Å²) in [6, 6.07) is -1.16. The van der Waals surface area contributed by atoms with Crippen molar-refractivity contribution in [2.24, 2.45) is 11.7 Å². The Bertz CT molecular complexity index is 316. The van der Waals surface area contributed by atoms with Gasteiger partial charge < -0.3 is 15.7 Å². The molecule has 1 amide bonds. The van der Waals surface area contributed by atoms with Gasteiger partial charge in [-0.3, -0.25) is 4.79 Å². The summed E-state index contributed by atoms with van der Waals surface area (Å²) < 4.78 is 0. The molecule has 2 rings (SSSR count). The zero-order valence-electron chi connectivity index (χ0n) is 9.43. The van der Waals surface area contributed by atoms with E-state index in [4.69, 9.17) is 10.8 Å². The molecule has 3 N–H and O–H groups in total. The van der Waals surface area contributed by atoms with Crippen molar-refractivity contribution >= 4 is 11.9 Å². The van der Waals surface area contributed by atoms with Gasteiger partial charge in [-0.15, -0.1) is 0 Å². The second-order valence-electron chi connectivity index (χ2n) is 4.88. The molecule has 0 aromatic rings. The molecule has 0 aromatic heterocycles. The molecule has 1 aliphatic carbocycles. The van der Waals surface area contributed by atoms with Gasteiger partial charge in [0.1, 0.15) is 6.04 Å². The maximum Gasteiger partial charge on any atom is 0.326 e. The average Bonchev–Trinajstić information content (AvgIpc) is 2.74. The number of fused-ring (bicyclic) bond motifs is 1. The number of amides is 1. The third-order valence-electron chi connectivity index (χ3n) is 3.77. The number of carboxylic acids is 1. The van der Waals surface area contributed by atoms with Gasteiger partial charge in [0.05, 0.1) is 6.04 Å². The number of nitrogens with zero attached hydrogens (tertiary/aromatic N) is 1. The monoisotopic (exact) mass is 226 g/mol. The Labute approximate surface area is 94.6 Å². The summed E-state index contributed by atoms with van der Waals surface area (Å²) in [4.78, 5) is 24.6. The van der Waals surface area contributed by atoms with Crippen molar-refractivity contribution in [2.75, 3.05) is 0 Å². The molecule has 0 radical (unpaired) electrons. The summed E-state index contributed by atoms with van der Waals surface area (Å²) in [5, 5.41) is 9.13. The zero-order chi connectivity index (χ0) is 11.9. The fourth-order valence-corrected chi connectivity index (χ4v) is 3.06. The van der Waals surface area contributed by atoms with Crippen LogP contribution in [0.3, 0.4) is 0 Å². The fourth-order valence-electron chi connectivity index (χ4n) is 3.06. The van der Waals surface area contributed by atoms with Gasteiger partial charge in [0.15, 0.2) is 0 Å². The van der Waals surface area contributed by atoms with Gasteiger partial charge in [-0.2, -0.15) is 0 Å². The summed E-state index contributed by atoms with van der Waals surface area (Å²) in [5.41, 5.74) is 5.58. The van der Waals surface area contributed by atoms with Crippen molar-refractivity contribution in [1.82, 2.24) is 4.90 Å². The predicted molar refractivity (Wildman–Crippen MR) is 57.7 cm³/mol. The van der Waals surface area contributed by atoms with Crippen LogP contribution in [0.1, 0.15) is 32.6 Å². The molecule has 1 unspecified atom stereocenters. The highest BCUT2D eigenvalue weighted by Crippen LogP contribution is 2.41. The van der Waals surface area contributed by atoms with E-state index in [-0.39, 0.29) is 11.9 Å². The van der Waals surface area contributed by atoms with E-state index in [0.29, 0.717) is 12.3 Å². The molecular formula is C11H18N2O3. The molecule has 1 aliphatic heterocycles. The Hall–Kier alpha value is -1.10. The van der Waals surface area contributed by atoms with E-state index in [1.54, 1.807) is 6.92 Å². The molecular weight excluding hydrogens is 208 g/mol. The number of aliphatic carboxylic acids is 1. The Balaban J connectivity index is 2.22. The minimum absolute atomic E-state index is 0.111. The van der Waals surface area contributed by atoms with Crippen LogP contribution >= 0.6 is 0 Å². The summed E-state index contributed by atoms with van der Waals surface area (Å²) in [5.74, 6) is -0.756. The third kappa shape index (κ3) is 1.69. The van der Waals surface area contributed by atoms with E-state index in [0.717, 1.165) is 19.3 Å². The molecule has 0 aromatic carbocycles. The SMILES string of the molecule is C[C@H](N)C(=O)N1C(C(=O)O)C[C@H]2CCC[C@H]21. The number of carbonyl (C=O) groups is 2. The van der Waals surface area contributed by atoms with Crippen LogP contribution in [0.5, 0.6) is 0 Å². The lowest BCUT2D eigenvalue weighted by Gasteiger charge is -2.29. The number of nitrogens with two attached hydrogens (primary N) is 1. The van der Waals surface area contributed by atoms with Crippen LogP contribution in [0.25, 0.3) is 0 Å². The molecule has 0 spiro atoms. The maximum absolute atomic E-state index is 11.9. The molecule has 0 bridgehead atoms. The van der Waals surface area contributed by atoms with Crippen molar-refractivity contribution in [3.05, 3.63) is 0 Å². The van der Waals surface area contributed by atoms with Crippen molar-refractivity contribution in [1.29, 1.82) is 0 Å². The largest absolute Gasteiger partial charge is 0.480 e. The first-order valence-corrected chi connectivity index (χ1v) is 5.83. The molecule has 1 heterocycles. The van der Waals surface area contributed by atoms with Crippen molar-refractivity contribution < 1.29 is 14.7 Å². The maximum atomic E-state index is 11.9. The Morgan fingerprint density at radius 2 is 2.12 bits per heavy atom. The van der Waals surface area contributed by atoms with Gasteiger partial charge in [0, 0.05) is 6.04 Å². The van der Waals surface area contributed by atoms with Crippen LogP contribution < -0.4 is 5.73 Å². The second-order valence-corrected chi connectivity index (χ2v) is 4.88.